The van der Waals surface area contributed by atoms with Crippen molar-refractivity contribution in [2.75, 3.05) is 19.8 Å². The van der Waals surface area contributed by atoms with E-state index >= 15 is 0 Å². The number of rotatable bonds is 8. The van der Waals surface area contributed by atoms with Crippen molar-refractivity contribution < 1.29 is 33.7 Å². The zero-order chi connectivity index (χ0) is 16.8. The van der Waals surface area contributed by atoms with Crippen molar-refractivity contribution in [2.24, 2.45) is 0 Å². The highest BCUT2D eigenvalue weighted by atomic mass is 16.5. The van der Waals surface area contributed by atoms with Gasteiger partial charge in [-0.2, -0.15) is 0 Å². The molecule has 0 radical (unpaired) electrons. The summed E-state index contributed by atoms with van der Waals surface area (Å²) in [5.41, 5.74) is 1.18. The molecular weight excluding hydrogens is 304 g/mol. The second-order valence-corrected chi connectivity index (χ2v) is 4.86. The van der Waals surface area contributed by atoms with Gasteiger partial charge in [0.1, 0.15) is 12.4 Å². The third-order valence-corrected chi connectivity index (χ3v) is 3.21. The number of aliphatic hydroxyl groups is 1. The smallest absolute Gasteiger partial charge is 0.302 e. The van der Waals surface area contributed by atoms with Gasteiger partial charge in [-0.1, -0.05) is 12.1 Å². The Labute approximate surface area is 132 Å². The molecule has 0 saturated carbocycles. The van der Waals surface area contributed by atoms with Gasteiger partial charge in [0.05, 0.1) is 12.6 Å². The van der Waals surface area contributed by atoms with Crippen molar-refractivity contribution in [1.29, 1.82) is 0 Å². The zero-order valence-electron chi connectivity index (χ0n) is 12.7. The molecule has 1 aromatic carbocycles. The fourth-order valence-electron chi connectivity index (χ4n) is 2.32. The number of hydrogen-bond acceptors (Lipinski definition) is 7. The molecular formula is C16H17O7-. The number of benzene rings is 1. The van der Waals surface area contributed by atoms with Crippen LogP contribution < -0.4 is 9.84 Å². The van der Waals surface area contributed by atoms with Crippen molar-refractivity contribution in [1.82, 2.24) is 0 Å². The van der Waals surface area contributed by atoms with E-state index in [9.17, 15) is 19.8 Å². The van der Waals surface area contributed by atoms with E-state index < -0.39 is 12.6 Å². The van der Waals surface area contributed by atoms with Crippen LogP contribution in [0.2, 0.25) is 0 Å². The van der Waals surface area contributed by atoms with Crippen LogP contribution in [-0.2, 0) is 27.2 Å². The fraction of sp³-hybridized carbons (Fsp3) is 0.375. The number of esters is 1. The van der Waals surface area contributed by atoms with Crippen molar-refractivity contribution >= 4 is 22.9 Å². The number of aliphatic hydroxyl groups excluding tert-OH is 1. The third kappa shape index (κ3) is 4.23. The number of carboxylic acid groups (broad SMARTS) is 1. The van der Waals surface area contributed by atoms with Gasteiger partial charge in [-0.05, 0) is 12.5 Å². The van der Waals surface area contributed by atoms with Crippen molar-refractivity contribution in [3.63, 3.8) is 0 Å². The van der Waals surface area contributed by atoms with Gasteiger partial charge in [0, 0.05) is 30.9 Å². The van der Waals surface area contributed by atoms with E-state index in [-0.39, 0.29) is 24.9 Å². The molecule has 0 saturated heterocycles. The number of aliphatic carboxylic acids is 1. The molecule has 0 unspecified atom stereocenters. The van der Waals surface area contributed by atoms with E-state index in [1.807, 2.05) is 0 Å². The first-order chi connectivity index (χ1) is 11.0. The largest absolute Gasteiger partial charge is 0.546 e. The van der Waals surface area contributed by atoms with Crippen molar-refractivity contribution in [3.8, 4) is 5.75 Å². The van der Waals surface area contributed by atoms with Crippen LogP contribution in [-0.4, -0.2) is 36.9 Å². The molecule has 0 fully saturated rings. The predicted octanol–water partition coefficient (Wildman–Crippen LogP) is 0.202. The van der Waals surface area contributed by atoms with Crippen LogP contribution in [0.15, 0.2) is 22.6 Å². The van der Waals surface area contributed by atoms with E-state index in [1.165, 1.54) is 6.92 Å². The number of carboxylic acids is 1. The molecule has 7 nitrogen and oxygen atoms in total. The molecule has 0 aliphatic carbocycles. The highest BCUT2D eigenvalue weighted by Crippen LogP contribution is 2.33. The number of para-hydroxylation sites is 1. The number of fused-ring (bicyclic) bond motifs is 1. The summed E-state index contributed by atoms with van der Waals surface area (Å²) >= 11 is 0. The van der Waals surface area contributed by atoms with Gasteiger partial charge in [0.2, 0.25) is 0 Å². The molecule has 23 heavy (non-hydrogen) atoms. The van der Waals surface area contributed by atoms with E-state index in [0.717, 1.165) is 10.9 Å². The van der Waals surface area contributed by atoms with Crippen LogP contribution in [0.5, 0.6) is 5.75 Å². The van der Waals surface area contributed by atoms with Crippen LogP contribution in [0.25, 0.3) is 11.0 Å². The highest BCUT2D eigenvalue weighted by Gasteiger charge is 2.17. The molecule has 2 rings (SSSR count). The maximum Gasteiger partial charge on any atom is 0.302 e. The summed E-state index contributed by atoms with van der Waals surface area (Å²) in [4.78, 5) is 21.4. The summed E-state index contributed by atoms with van der Waals surface area (Å²) in [5, 5.41) is 20.5. The second-order valence-electron chi connectivity index (χ2n) is 4.86. The molecule has 0 amide bonds. The number of ether oxygens (including phenoxy) is 2. The Bertz CT molecular complexity index is 702. The minimum atomic E-state index is -1.33. The van der Waals surface area contributed by atoms with Crippen LogP contribution in [0, 0.1) is 0 Å². The summed E-state index contributed by atoms with van der Waals surface area (Å²) in [6, 6.07) is 5.09. The average Bonchev–Trinajstić information content (AvgIpc) is 2.84. The number of carbonyl (C=O) groups excluding carboxylic acids is 2. The summed E-state index contributed by atoms with van der Waals surface area (Å²) in [6.45, 7) is 0.819. The standard InChI is InChI=1S/C16H18O7/c1-10(18)21-8-6-13-11(5-7-17)12-3-2-4-14(16(12)23-13)22-9-15(19)20/h2-4,17H,5-9H2,1H3,(H,19,20)/p-1. The Hall–Kier alpha value is -2.54. The maximum absolute atomic E-state index is 10.8. The molecule has 0 spiro atoms. The van der Waals surface area contributed by atoms with Gasteiger partial charge in [-0.25, -0.2) is 0 Å². The Morgan fingerprint density at radius 2 is 2.09 bits per heavy atom. The molecule has 1 heterocycles. The minimum absolute atomic E-state index is 0.0701. The maximum atomic E-state index is 10.8. The van der Waals surface area contributed by atoms with Gasteiger partial charge in [-0.15, -0.1) is 0 Å². The molecule has 0 aliphatic heterocycles. The van der Waals surface area contributed by atoms with E-state index in [0.29, 0.717) is 24.2 Å². The molecule has 124 valence electrons. The molecule has 1 aromatic heterocycles. The van der Waals surface area contributed by atoms with Gasteiger partial charge in [0.25, 0.3) is 0 Å². The average molecular weight is 321 g/mol. The van der Waals surface area contributed by atoms with E-state index in [2.05, 4.69) is 0 Å². The lowest BCUT2D eigenvalue weighted by atomic mass is 10.1. The summed E-state index contributed by atoms with van der Waals surface area (Å²) in [7, 11) is 0. The van der Waals surface area contributed by atoms with Crippen molar-refractivity contribution in [3.05, 3.63) is 29.5 Å². The fourth-order valence-corrected chi connectivity index (χ4v) is 2.32. The molecule has 7 heteroatoms. The predicted molar refractivity (Wildman–Crippen MR) is 77.8 cm³/mol. The molecule has 0 aliphatic rings. The SMILES string of the molecule is CC(=O)OCCc1oc2c(OCC(=O)[O-])cccc2c1CCO. The first kappa shape index (κ1) is 16.8. The number of furan rings is 1. The van der Waals surface area contributed by atoms with Crippen LogP contribution >= 0.6 is 0 Å². The Morgan fingerprint density at radius 3 is 2.74 bits per heavy atom. The zero-order valence-corrected chi connectivity index (χ0v) is 12.7. The van der Waals surface area contributed by atoms with Gasteiger partial charge in [-0.3, -0.25) is 4.79 Å². The second kappa shape index (κ2) is 7.64. The lowest BCUT2D eigenvalue weighted by Crippen LogP contribution is -2.28. The Kier molecular flexibility index (Phi) is 5.59. The van der Waals surface area contributed by atoms with Gasteiger partial charge < -0.3 is 28.9 Å². The first-order valence-electron chi connectivity index (χ1n) is 7.13. The quantitative estimate of drug-likeness (QED) is 0.692. The van der Waals surface area contributed by atoms with Gasteiger partial charge >= 0.3 is 5.97 Å². The highest BCUT2D eigenvalue weighted by molar-refractivity contribution is 5.87. The van der Waals surface area contributed by atoms with Crippen LogP contribution in [0.3, 0.4) is 0 Å². The minimum Gasteiger partial charge on any atom is -0.546 e. The summed E-state index contributed by atoms with van der Waals surface area (Å²) in [6.07, 6.45) is 0.718. The monoisotopic (exact) mass is 321 g/mol. The molecule has 1 N–H and O–H groups in total. The molecule has 0 atom stereocenters. The van der Waals surface area contributed by atoms with Gasteiger partial charge in [0.15, 0.2) is 11.3 Å². The Balaban J connectivity index is 2.33. The molecule has 2 aromatic rings. The first-order valence-corrected chi connectivity index (χ1v) is 7.13. The number of carbonyl (C=O) groups is 2. The summed E-state index contributed by atoms with van der Waals surface area (Å²) < 4.78 is 15.8. The van der Waals surface area contributed by atoms with Crippen LogP contribution in [0.4, 0.5) is 0 Å². The lowest BCUT2D eigenvalue weighted by molar-refractivity contribution is -0.307. The van der Waals surface area contributed by atoms with Crippen LogP contribution in [0.1, 0.15) is 18.2 Å². The van der Waals surface area contributed by atoms with Crippen molar-refractivity contribution in [2.45, 2.75) is 19.8 Å². The Morgan fingerprint density at radius 1 is 1.30 bits per heavy atom. The lowest BCUT2D eigenvalue weighted by Gasteiger charge is -2.06. The third-order valence-electron chi connectivity index (χ3n) is 3.21. The van der Waals surface area contributed by atoms with E-state index in [1.54, 1.807) is 18.2 Å². The molecule has 0 bridgehead atoms. The van der Waals surface area contributed by atoms with E-state index in [4.69, 9.17) is 13.9 Å². The number of hydrogen-bond donors (Lipinski definition) is 1. The topological polar surface area (TPSA) is 109 Å². The normalized spacial score (nSPS) is 10.7. The summed E-state index contributed by atoms with van der Waals surface area (Å²) in [5.74, 6) is -0.869.